The Labute approximate surface area is 197 Å². The number of nitrogens with two attached hydrogens (primary N) is 1. The molecule has 0 aromatic carbocycles. The van der Waals surface area contributed by atoms with E-state index in [4.69, 9.17) is 10.8 Å². The maximum atomic E-state index is 13.0. The number of aliphatic carboxylic acids is 2. The van der Waals surface area contributed by atoms with Crippen LogP contribution in [-0.2, 0) is 28.8 Å². The molecule has 0 aromatic heterocycles. The highest BCUT2D eigenvalue weighted by Crippen LogP contribution is 2.12. The van der Waals surface area contributed by atoms with E-state index in [0.29, 0.717) is 19.4 Å². The highest BCUT2D eigenvalue weighted by atomic mass is 16.4. The summed E-state index contributed by atoms with van der Waals surface area (Å²) in [5, 5.41) is 28.7. The molecule has 5 unspecified atom stereocenters. The first-order valence-electron chi connectivity index (χ1n) is 11.3. The van der Waals surface area contributed by atoms with E-state index in [-0.39, 0.29) is 31.1 Å². The van der Waals surface area contributed by atoms with Crippen LogP contribution < -0.4 is 27.0 Å². The van der Waals surface area contributed by atoms with Gasteiger partial charge in [0.05, 0.1) is 6.04 Å². The standard InChI is InChI=1S/C21H35N5O8/c1-3-11(2)17(26-18(30)12-5-4-10-23-12)20(32)24-13(7-9-16(28)29)19(31)25-14(21(33)34)6-8-15(22)27/h11-14,17,23H,3-10H2,1-2H3,(H2,22,27)(H,24,32)(H,25,31)(H,26,30)(H,28,29)(H,33,34). The predicted octanol–water partition coefficient (Wildman–Crippen LogP) is -1.55. The molecule has 0 radical (unpaired) electrons. The lowest BCUT2D eigenvalue weighted by Crippen LogP contribution is -2.58. The maximum Gasteiger partial charge on any atom is 0.326 e. The van der Waals surface area contributed by atoms with E-state index < -0.39 is 60.2 Å². The Hall–Kier alpha value is -3.22. The third-order valence-electron chi connectivity index (χ3n) is 5.74. The van der Waals surface area contributed by atoms with Crippen LogP contribution in [0.2, 0.25) is 0 Å². The van der Waals surface area contributed by atoms with Gasteiger partial charge >= 0.3 is 11.9 Å². The van der Waals surface area contributed by atoms with E-state index in [2.05, 4.69) is 21.3 Å². The molecule has 5 atom stereocenters. The molecule has 1 saturated heterocycles. The Kier molecular flexibility index (Phi) is 12.0. The molecule has 13 nitrogen and oxygen atoms in total. The Balaban J connectivity index is 2.97. The quantitative estimate of drug-likeness (QED) is 0.143. The Bertz CT molecular complexity index is 768. The number of hydrogen-bond donors (Lipinski definition) is 7. The van der Waals surface area contributed by atoms with Gasteiger partial charge in [0, 0.05) is 12.8 Å². The number of hydrogen-bond acceptors (Lipinski definition) is 7. The van der Waals surface area contributed by atoms with Crippen molar-refractivity contribution in [3.05, 3.63) is 0 Å². The van der Waals surface area contributed by atoms with Gasteiger partial charge in [0.2, 0.25) is 23.6 Å². The zero-order valence-electron chi connectivity index (χ0n) is 19.5. The number of nitrogens with one attached hydrogen (secondary N) is 4. The zero-order chi connectivity index (χ0) is 25.8. The average Bonchev–Trinajstić information content (AvgIpc) is 3.31. The minimum Gasteiger partial charge on any atom is -0.481 e. The van der Waals surface area contributed by atoms with Crippen molar-refractivity contribution in [3.63, 3.8) is 0 Å². The number of rotatable bonds is 15. The molecular weight excluding hydrogens is 450 g/mol. The van der Waals surface area contributed by atoms with Crippen molar-refractivity contribution in [1.29, 1.82) is 0 Å². The van der Waals surface area contributed by atoms with Crippen molar-refractivity contribution in [1.82, 2.24) is 21.3 Å². The van der Waals surface area contributed by atoms with Crippen LogP contribution in [-0.4, -0.2) is 76.5 Å². The molecular formula is C21H35N5O8. The highest BCUT2D eigenvalue weighted by molar-refractivity contribution is 5.94. The lowest BCUT2D eigenvalue weighted by molar-refractivity contribution is -0.143. The van der Waals surface area contributed by atoms with Crippen molar-refractivity contribution in [2.24, 2.45) is 11.7 Å². The van der Waals surface area contributed by atoms with Crippen molar-refractivity contribution >= 4 is 35.6 Å². The number of primary amides is 1. The van der Waals surface area contributed by atoms with Gasteiger partial charge in [-0.15, -0.1) is 0 Å². The number of amides is 4. The molecule has 192 valence electrons. The van der Waals surface area contributed by atoms with E-state index >= 15 is 0 Å². The molecule has 0 aliphatic carbocycles. The van der Waals surface area contributed by atoms with Crippen LogP contribution in [0.25, 0.3) is 0 Å². The van der Waals surface area contributed by atoms with E-state index in [9.17, 15) is 33.9 Å². The summed E-state index contributed by atoms with van der Waals surface area (Å²) in [4.78, 5) is 71.8. The molecule has 1 aliphatic rings. The second-order valence-electron chi connectivity index (χ2n) is 8.42. The van der Waals surface area contributed by atoms with Gasteiger partial charge in [0.1, 0.15) is 18.1 Å². The number of carbonyl (C=O) groups excluding carboxylic acids is 4. The maximum absolute atomic E-state index is 13.0. The van der Waals surface area contributed by atoms with Crippen molar-refractivity contribution in [3.8, 4) is 0 Å². The lowest BCUT2D eigenvalue weighted by atomic mass is 9.97. The first-order chi connectivity index (χ1) is 16.0. The zero-order valence-corrected chi connectivity index (χ0v) is 19.5. The molecule has 1 heterocycles. The van der Waals surface area contributed by atoms with Gasteiger partial charge in [0.25, 0.3) is 0 Å². The highest BCUT2D eigenvalue weighted by Gasteiger charge is 2.33. The number of carboxylic acid groups (broad SMARTS) is 2. The third-order valence-corrected chi connectivity index (χ3v) is 5.74. The van der Waals surface area contributed by atoms with E-state index in [0.717, 1.165) is 6.42 Å². The summed E-state index contributed by atoms with van der Waals surface area (Å²) in [6.07, 6.45) is 0.667. The van der Waals surface area contributed by atoms with Crippen molar-refractivity contribution in [2.75, 3.05) is 6.54 Å². The van der Waals surface area contributed by atoms with Crippen LogP contribution in [0.3, 0.4) is 0 Å². The smallest absolute Gasteiger partial charge is 0.326 e. The second kappa shape index (κ2) is 14.1. The second-order valence-corrected chi connectivity index (χ2v) is 8.42. The number of carbonyl (C=O) groups is 6. The molecule has 1 aliphatic heterocycles. The molecule has 1 rings (SSSR count). The van der Waals surface area contributed by atoms with Crippen LogP contribution in [0.15, 0.2) is 0 Å². The first-order valence-corrected chi connectivity index (χ1v) is 11.3. The topological polar surface area (TPSA) is 217 Å². The van der Waals surface area contributed by atoms with Gasteiger partial charge < -0.3 is 37.2 Å². The molecule has 0 spiro atoms. The fraction of sp³-hybridized carbons (Fsp3) is 0.714. The molecule has 8 N–H and O–H groups in total. The summed E-state index contributed by atoms with van der Waals surface area (Å²) >= 11 is 0. The summed E-state index contributed by atoms with van der Waals surface area (Å²) in [7, 11) is 0. The Morgan fingerprint density at radius 3 is 2.09 bits per heavy atom. The molecule has 34 heavy (non-hydrogen) atoms. The summed E-state index contributed by atoms with van der Waals surface area (Å²) < 4.78 is 0. The largest absolute Gasteiger partial charge is 0.481 e. The van der Waals surface area contributed by atoms with Crippen LogP contribution in [0.5, 0.6) is 0 Å². The predicted molar refractivity (Wildman–Crippen MR) is 119 cm³/mol. The molecule has 0 saturated carbocycles. The fourth-order valence-corrected chi connectivity index (χ4v) is 3.48. The molecule has 0 aromatic rings. The lowest BCUT2D eigenvalue weighted by Gasteiger charge is -2.28. The van der Waals surface area contributed by atoms with Crippen LogP contribution >= 0.6 is 0 Å². The number of carboxylic acids is 2. The normalized spacial score (nSPS) is 18.7. The van der Waals surface area contributed by atoms with Crippen molar-refractivity contribution in [2.45, 2.75) is 83.0 Å². The van der Waals surface area contributed by atoms with Gasteiger partial charge in [0.15, 0.2) is 0 Å². The third kappa shape index (κ3) is 9.73. The average molecular weight is 486 g/mol. The molecule has 13 heteroatoms. The SMILES string of the molecule is CCC(C)C(NC(=O)C1CCCN1)C(=O)NC(CCC(=O)O)C(=O)NC(CCC(N)=O)C(=O)O. The Morgan fingerprint density at radius 1 is 0.971 bits per heavy atom. The van der Waals surface area contributed by atoms with Crippen LogP contribution in [0.1, 0.15) is 58.8 Å². The molecule has 0 bridgehead atoms. The summed E-state index contributed by atoms with van der Waals surface area (Å²) in [5.74, 6) is -5.62. The van der Waals surface area contributed by atoms with Gasteiger partial charge in [-0.2, -0.15) is 0 Å². The van der Waals surface area contributed by atoms with Gasteiger partial charge in [-0.25, -0.2) is 4.79 Å². The summed E-state index contributed by atoms with van der Waals surface area (Å²) in [5.41, 5.74) is 5.03. The fourth-order valence-electron chi connectivity index (χ4n) is 3.48. The van der Waals surface area contributed by atoms with Crippen LogP contribution in [0.4, 0.5) is 0 Å². The van der Waals surface area contributed by atoms with Crippen molar-refractivity contribution < 1.29 is 39.0 Å². The van der Waals surface area contributed by atoms with E-state index in [1.807, 2.05) is 6.92 Å². The first kappa shape index (κ1) is 28.8. The Morgan fingerprint density at radius 2 is 1.59 bits per heavy atom. The van der Waals surface area contributed by atoms with E-state index in [1.165, 1.54) is 0 Å². The summed E-state index contributed by atoms with van der Waals surface area (Å²) in [6.45, 7) is 4.27. The minimum atomic E-state index is -1.46. The minimum absolute atomic E-state index is 0.268. The summed E-state index contributed by atoms with van der Waals surface area (Å²) in [6, 6.07) is -4.23. The molecule has 4 amide bonds. The monoisotopic (exact) mass is 485 g/mol. The molecule has 1 fully saturated rings. The van der Waals surface area contributed by atoms with E-state index in [1.54, 1.807) is 6.92 Å². The van der Waals surface area contributed by atoms with Gasteiger partial charge in [-0.3, -0.25) is 24.0 Å². The van der Waals surface area contributed by atoms with Gasteiger partial charge in [-0.05, 0) is 38.1 Å². The van der Waals surface area contributed by atoms with Crippen LogP contribution in [0, 0.1) is 5.92 Å². The van der Waals surface area contributed by atoms with Gasteiger partial charge in [-0.1, -0.05) is 20.3 Å².